The van der Waals surface area contributed by atoms with Crippen LogP contribution in [-0.4, -0.2) is 40.6 Å². The highest BCUT2D eigenvalue weighted by atomic mass is 16.7. The van der Waals surface area contributed by atoms with Crippen molar-refractivity contribution in [2.24, 2.45) is 0 Å². The standard InChI is InChI=1S/C23H23N3O4/c1-23(22(28)25-16-6-7-19-20(12-16)30-14-29-19)10-8-21(27)26(23)11-9-15-13-24-18-5-3-2-4-17(15)18/h2-7,12-13,24H,8-11,14H2,1H3,(H,25,28)/t23-/m1/s1. The minimum absolute atomic E-state index is 0.0122. The third-order valence-electron chi connectivity index (χ3n) is 6.12. The summed E-state index contributed by atoms with van der Waals surface area (Å²) in [6, 6.07) is 13.4. The monoisotopic (exact) mass is 405 g/mol. The van der Waals surface area contributed by atoms with E-state index in [2.05, 4.69) is 16.4 Å². The summed E-state index contributed by atoms with van der Waals surface area (Å²) in [5, 5.41) is 4.10. The molecule has 2 amide bonds. The van der Waals surface area contributed by atoms with Gasteiger partial charge in [-0.2, -0.15) is 0 Å². The molecule has 1 fully saturated rings. The van der Waals surface area contributed by atoms with Crippen LogP contribution >= 0.6 is 0 Å². The van der Waals surface area contributed by atoms with E-state index in [1.807, 2.05) is 31.3 Å². The van der Waals surface area contributed by atoms with Gasteiger partial charge in [0.25, 0.3) is 0 Å². The number of rotatable bonds is 5. The summed E-state index contributed by atoms with van der Waals surface area (Å²) in [4.78, 5) is 30.8. The number of likely N-dealkylation sites (tertiary alicyclic amines) is 1. The summed E-state index contributed by atoms with van der Waals surface area (Å²) in [5.74, 6) is 1.09. The predicted molar refractivity (Wildman–Crippen MR) is 113 cm³/mol. The third-order valence-corrected chi connectivity index (χ3v) is 6.12. The minimum atomic E-state index is -0.889. The molecule has 3 aromatic rings. The van der Waals surface area contributed by atoms with Gasteiger partial charge in [-0.15, -0.1) is 0 Å². The maximum absolute atomic E-state index is 13.2. The van der Waals surface area contributed by atoms with Gasteiger partial charge in [-0.1, -0.05) is 18.2 Å². The van der Waals surface area contributed by atoms with Crippen molar-refractivity contribution in [1.29, 1.82) is 0 Å². The van der Waals surface area contributed by atoms with Gasteiger partial charge in [0.15, 0.2) is 11.5 Å². The molecule has 1 aromatic heterocycles. The average molecular weight is 405 g/mol. The number of carbonyl (C=O) groups excluding carboxylic acids is 2. The van der Waals surface area contributed by atoms with Crippen LogP contribution in [0.25, 0.3) is 10.9 Å². The number of nitrogens with one attached hydrogen (secondary N) is 2. The molecule has 0 spiro atoms. The van der Waals surface area contributed by atoms with Crippen LogP contribution in [-0.2, 0) is 16.0 Å². The lowest BCUT2D eigenvalue weighted by Gasteiger charge is -2.34. The van der Waals surface area contributed by atoms with Crippen LogP contribution in [0.5, 0.6) is 11.5 Å². The normalized spacial score (nSPS) is 20.2. The zero-order chi connectivity index (χ0) is 20.7. The fourth-order valence-electron chi connectivity index (χ4n) is 4.31. The van der Waals surface area contributed by atoms with Crippen LogP contribution in [0, 0.1) is 0 Å². The summed E-state index contributed by atoms with van der Waals surface area (Å²) in [5.41, 5.74) is 1.95. The number of aromatic amines is 1. The van der Waals surface area contributed by atoms with Crippen LogP contribution in [0.1, 0.15) is 25.3 Å². The lowest BCUT2D eigenvalue weighted by Crippen LogP contribution is -2.52. The van der Waals surface area contributed by atoms with Gasteiger partial charge >= 0.3 is 0 Å². The van der Waals surface area contributed by atoms with Crippen molar-refractivity contribution in [3.05, 3.63) is 54.2 Å². The van der Waals surface area contributed by atoms with E-state index < -0.39 is 5.54 Å². The van der Waals surface area contributed by atoms with Crippen molar-refractivity contribution >= 4 is 28.4 Å². The fourth-order valence-corrected chi connectivity index (χ4v) is 4.31. The maximum atomic E-state index is 13.2. The highest BCUT2D eigenvalue weighted by molar-refractivity contribution is 6.02. The maximum Gasteiger partial charge on any atom is 0.250 e. The van der Waals surface area contributed by atoms with E-state index in [1.165, 1.54) is 0 Å². The number of amides is 2. The summed E-state index contributed by atoms with van der Waals surface area (Å²) in [6.45, 7) is 2.52. The number of carbonyl (C=O) groups is 2. The Morgan fingerprint density at radius 2 is 2.03 bits per heavy atom. The molecule has 2 N–H and O–H groups in total. The molecular formula is C23H23N3O4. The molecule has 1 atom stereocenters. The molecule has 1 saturated heterocycles. The van der Waals surface area contributed by atoms with Crippen LogP contribution in [0.15, 0.2) is 48.7 Å². The summed E-state index contributed by atoms with van der Waals surface area (Å²) >= 11 is 0. The third kappa shape index (κ3) is 3.07. The van der Waals surface area contributed by atoms with Gasteiger partial charge < -0.3 is 24.7 Å². The molecule has 2 aliphatic rings. The first-order valence-corrected chi connectivity index (χ1v) is 10.1. The van der Waals surface area contributed by atoms with Crippen molar-refractivity contribution in [2.45, 2.75) is 31.7 Å². The van der Waals surface area contributed by atoms with E-state index >= 15 is 0 Å². The van der Waals surface area contributed by atoms with E-state index in [1.54, 1.807) is 23.1 Å². The second-order valence-electron chi connectivity index (χ2n) is 7.95. The van der Waals surface area contributed by atoms with E-state index in [-0.39, 0.29) is 18.6 Å². The fraction of sp³-hybridized carbons (Fsp3) is 0.304. The minimum Gasteiger partial charge on any atom is -0.454 e. The molecule has 5 rings (SSSR count). The number of hydrogen-bond donors (Lipinski definition) is 2. The molecule has 0 aliphatic carbocycles. The van der Waals surface area contributed by atoms with E-state index in [4.69, 9.17) is 9.47 Å². The Morgan fingerprint density at radius 1 is 1.20 bits per heavy atom. The number of hydrogen-bond acceptors (Lipinski definition) is 4. The Balaban J connectivity index is 1.32. The molecule has 0 radical (unpaired) electrons. The van der Waals surface area contributed by atoms with Gasteiger partial charge in [-0.25, -0.2) is 0 Å². The molecule has 30 heavy (non-hydrogen) atoms. The molecule has 7 nitrogen and oxygen atoms in total. The average Bonchev–Trinajstić information content (AvgIpc) is 3.45. The lowest BCUT2D eigenvalue weighted by atomic mass is 9.97. The number of anilines is 1. The highest BCUT2D eigenvalue weighted by Crippen LogP contribution is 2.36. The van der Waals surface area contributed by atoms with Gasteiger partial charge in [0.1, 0.15) is 5.54 Å². The molecule has 0 saturated carbocycles. The Kier molecular flexibility index (Phi) is 4.38. The molecule has 7 heteroatoms. The number of benzene rings is 2. The topological polar surface area (TPSA) is 83.7 Å². The number of nitrogens with zero attached hydrogens (tertiary/aromatic N) is 1. The molecule has 2 aliphatic heterocycles. The largest absolute Gasteiger partial charge is 0.454 e. The van der Waals surface area contributed by atoms with Crippen LogP contribution in [0.3, 0.4) is 0 Å². The van der Waals surface area contributed by atoms with Gasteiger partial charge in [0.05, 0.1) is 0 Å². The van der Waals surface area contributed by atoms with Crippen LogP contribution in [0.4, 0.5) is 5.69 Å². The Morgan fingerprint density at radius 3 is 2.93 bits per heavy atom. The molecule has 0 bridgehead atoms. The Labute approximate surface area is 174 Å². The van der Waals surface area contributed by atoms with Gasteiger partial charge in [0.2, 0.25) is 18.6 Å². The number of para-hydroxylation sites is 1. The number of aromatic nitrogens is 1. The van der Waals surface area contributed by atoms with Crippen molar-refractivity contribution in [3.63, 3.8) is 0 Å². The summed E-state index contributed by atoms with van der Waals surface area (Å²) < 4.78 is 10.7. The van der Waals surface area contributed by atoms with Crippen molar-refractivity contribution in [3.8, 4) is 11.5 Å². The zero-order valence-electron chi connectivity index (χ0n) is 16.7. The first-order valence-electron chi connectivity index (χ1n) is 10.1. The van der Waals surface area contributed by atoms with Crippen molar-refractivity contribution in [2.75, 3.05) is 18.7 Å². The highest BCUT2D eigenvalue weighted by Gasteiger charge is 2.47. The molecule has 154 valence electrons. The molecular weight excluding hydrogens is 382 g/mol. The van der Waals surface area contributed by atoms with Gasteiger partial charge in [-0.3, -0.25) is 9.59 Å². The van der Waals surface area contributed by atoms with E-state index in [0.717, 1.165) is 16.5 Å². The quantitative estimate of drug-likeness (QED) is 0.681. The predicted octanol–water partition coefficient (Wildman–Crippen LogP) is 3.46. The summed E-state index contributed by atoms with van der Waals surface area (Å²) in [6.07, 6.45) is 3.53. The second kappa shape index (κ2) is 7.09. The number of H-pyrrole nitrogens is 1. The first kappa shape index (κ1) is 18.5. The zero-order valence-corrected chi connectivity index (χ0v) is 16.7. The van der Waals surface area contributed by atoms with Crippen molar-refractivity contribution < 1.29 is 19.1 Å². The first-order chi connectivity index (χ1) is 14.5. The summed E-state index contributed by atoms with van der Waals surface area (Å²) in [7, 11) is 0. The van der Waals surface area contributed by atoms with E-state index in [0.29, 0.717) is 43.0 Å². The van der Waals surface area contributed by atoms with Crippen molar-refractivity contribution in [1.82, 2.24) is 9.88 Å². The lowest BCUT2D eigenvalue weighted by molar-refractivity contribution is -0.137. The van der Waals surface area contributed by atoms with Crippen LogP contribution in [0.2, 0.25) is 0 Å². The number of ether oxygens (including phenoxy) is 2. The Bertz CT molecular complexity index is 1140. The van der Waals surface area contributed by atoms with Gasteiger partial charge in [-0.05, 0) is 43.5 Å². The Hall–Kier alpha value is -3.48. The van der Waals surface area contributed by atoms with E-state index in [9.17, 15) is 9.59 Å². The second-order valence-corrected chi connectivity index (χ2v) is 7.95. The van der Waals surface area contributed by atoms with Crippen LogP contribution < -0.4 is 14.8 Å². The smallest absolute Gasteiger partial charge is 0.250 e. The SMILES string of the molecule is C[C@]1(C(=O)Nc2ccc3c(c2)OCO3)CCC(=O)N1CCc1c[nH]c2ccccc12. The molecule has 3 heterocycles. The molecule has 2 aromatic carbocycles. The molecule has 0 unspecified atom stereocenters. The van der Waals surface area contributed by atoms with Gasteiger partial charge in [0, 0.05) is 41.8 Å². The number of fused-ring (bicyclic) bond motifs is 2.